The second-order valence-electron chi connectivity index (χ2n) is 2.82. The zero-order chi connectivity index (χ0) is 10.7. The van der Waals surface area contributed by atoms with Crippen LogP contribution in [0, 0.1) is 17.0 Å². The van der Waals surface area contributed by atoms with Crippen LogP contribution in [-0.4, -0.2) is 4.98 Å². The van der Waals surface area contributed by atoms with Crippen molar-refractivity contribution in [3.8, 4) is 11.8 Å². The van der Waals surface area contributed by atoms with Crippen molar-refractivity contribution in [2.45, 2.75) is 0 Å². The fourth-order valence-electron chi connectivity index (χ4n) is 1.05. The Hall–Kier alpha value is -1.86. The molecular formula is C11H7FN2S. The van der Waals surface area contributed by atoms with Crippen molar-refractivity contribution >= 4 is 16.3 Å². The zero-order valence-corrected chi connectivity index (χ0v) is 8.51. The summed E-state index contributed by atoms with van der Waals surface area (Å²) in [6, 6.07) is 5.06. The molecule has 0 unspecified atom stereocenters. The van der Waals surface area contributed by atoms with Gasteiger partial charge in [0.25, 0.3) is 0 Å². The Labute approximate surface area is 90.6 Å². The van der Waals surface area contributed by atoms with E-state index in [1.165, 1.54) is 6.07 Å². The fourth-order valence-corrected chi connectivity index (χ4v) is 1.65. The average Bonchev–Trinajstić information content (AvgIpc) is 2.56. The van der Waals surface area contributed by atoms with Gasteiger partial charge in [-0.15, -0.1) is 0 Å². The van der Waals surface area contributed by atoms with Crippen molar-refractivity contribution in [3.05, 3.63) is 46.9 Å². The van der Waals surface area contributed by atoms with Gasteiger partial charge in [-0.2, -0.15) is 4.39 Å². The van der Waals surface area contributed by atoms with Gasteiger partial charge >= 0.3 is 0 Å². The van der Waals surface area contributed by atoms with Crippen LogP contribution in [0.3, 0.4) is 0 Å². The van der Waals surface area contributed by atoms with Gasteiger partial charge in [0, 0.05) is 18.0 Å². The fraction of sp³-hybridized carbons (Fsp3) is 0. The molecule has 0 aromatic carbocycles. The molecule has 0 atom stereocenters. The van der Waals surface area contributed by atoms with Crippen molar-refractivity contribution < 1.29 is 4.39 Å². The Morgan fingerprint density at radius 3 is 2.60 bits per heavy atom. The van der Waals surface area contributed by atoms with E-state index < -0.39 is 0 Å². The highest BCUT2D eigenvalue weighted by molar-refractivity contribution is 7.14. The standard InChI is InChI=1S/C11H7FN2S/c12-11-9(7-10(13)15-11)2-1-8-3-5-14-6-4-8/h3-7H,13H2. The van der Waals surface area contributed by atoms with Crippen LogP contribution in [0.1, 0.15) is 11.1 Å². The monoisotopic (exact) mass is 218 g/mol. The smallest absolute Gasteiger partial charge is 0.194 e. The van der Waals surface area contributed by atoms with Crippen molar-refractivity contribution in [1.82, 2.24) is 4.98 Å². The first kappa shape index (κ1) is 9.69. The Balaban J connectivity index is 2.30. The van der Waals surface area contributed by atoms with Crippen LogP contribution in [0.5, 0.6) is 0 Å². The first-order chi connectivity index (χ1) is 7.25. The molecule has 0 saturated heterocycles. The van der Waals surface area contributed by atoms with E-state index in [4.69, 9.17) is 5.73 Å². The predicted octanol–water partition coefficient (Wildman–Crippen LogP) is 2.26. The molecular weight excluding hydrogens is 211 g/mol. The van der Waals surface area contributed by atoms with Gasteiger partial charge in [-0.3, -0.25) is 4.98 Å². The molecule has 0 bridgehead atoms. The molecule has 74 valence electrons. The number of halogens is 1. The van der Waals surface area contributed by atoms with E-state index in [9.17, 15) is 4.39 Å². The number of hydrogen-bond acceptors (Lipinski definition) is 3. The Bertz CT molecular complexity index is 523. The maximum absolute atomic E-state index is 13.1. The van der Waals surface area contributed by atoms with Crippen molar-refractivity contribution in [2.24, 2.45) is 0 Å². The van der Waals surface area contributed by atoms with Crippen molar-refractivity contribution in [2.75, 3.05) is 5.73 Å². The number of nitrogens with zero attached hydrogens (tertiary/aromatic N) is 1. The third-order valence-corrected chi connectivity index (χ3v) is 2.48. The van der Waals surface area contributed by atoms with Gasteiger partial charge in [0.2, 0.25) is 0 Å². The van der Waals surface area contributed by atoms with Crippen LogP contribution in [0.2, 0.25) is 0 Å². The quantitative estimate of drug-likeness (QED) is 0.689. The molecule has 2 heterocycles. The van der Waals surface area contributed by atoms with Crippen LogP contribution < -0.4 is 5.73 Å². The third-order valence-electron chi connectivity index (χ3n) is 1.73. The van der Waals surface area contributed by atoms with Gasteiger partial charge in [-0.05, 0) is 18.2 Å². The largest absolute Gasteiger partial charge is 0.390 e. The molecule has 0 spiro atoms. The lowest BCUT2D eigenvalue weighted by atomic mass is 10.2. The highest BCUT2D eigenvalue weighted by Gasteiger charge is 2.02. The van der Waals surface area contributed by atoms with E-state index in [-0.39, 0.29) is 5.13 Å². The molecule has 0 aliphatic carbocycles. The number of nitrogens with two attached hydrogens (primary N) is 1. The highest BCUT2D eigenvalue weighted by atomic mass is 32.1. The minimum atomic E-state index is -0.339. The van der Waals surface area contributed by atoms with Gasteiger partial charge in [0.05, 0.1) is 10.6 Å². The highest BCUT2D eigenvalue weighted by Crippen LogP contribution is 2.21. The summed E-state index contributed by atoms with van der Waals surface area (Å²) in [5, 5.41) is 0.0978. The molecule has 0 radical (unpaired) electrons. The number of pyridine rings is 1. The predicted molar refractivity (Wildman–Crippen MR) is 58.9 cm³/mol. The molecule has 0 fully saturated rings. The lowest BCUT2D eigenvalue weighted by molar-refractivity contribution is 0.654. The minimum absolute atomic E-state index is 0.339. The molecule has 2 N–H and O–H groups in total. The Kier molecular flexibility index (Phi) is 2.66. The minimum Gasteiger partial charge on any atom is -0.390 e. The molecule has 0 aliphatic rings. The summed E-state index contributed by atoms with van der Waals surface area (Å²) in [6.45, 7) is 0. The summed E-state index contributed by atoms with van der Waals surface area (Å²) in [5.41, 5.74) is 6.59. The van der Waals surface area contributed by atoms with Crippen molar-refractivity contribution in [3.63, 3.8) is 0 Å². The normalized spacial score (nSPS) is 9.40. The van der Waals surface area contributed by atoms with Gasteiger partial charge in [-0.1, -0.05) is 23.2 Å². The van der Waals surface area contributed by atoms with Crippen LogP contribution >= 0.6 is 11.3 Å². The van der Waals surface area contributed by atoms with Crippen LogP contribution in [0.15, 0.2) is 30.6 Å². The van der Waals surface area contributed by atoms with E-state index in [1.54, 1.807) is 24.5 Å². The lowest BCUT2D eigenvalue weighted by Crippen LogP contribution is -1.77. The average molecular weight is 218 g/mol. The molecule has 0 amide bonds. The number of aromatic nitrogens is 1. The molecule has 2 aromatic rings. The molecule has 4 heteroatoms. The van der Waals surface area contributed by atoms with Crippen LogP contribution in [0.25, 0.3) is 0 Å². The number of nitrogen functional groups attached to an aromatic ring is 1. The van der Waals surface area contributed by atoms with Gasteiger partial charge in [-0.25, -0.2) is 0 Å². The summed E-state index contributed by atoms with van der Waals surface area (Å²) < 4.78 is 13.1. The first-order valence-electron chi connectivity index (χ1n) is 4.22. The number of anilines is 1. The lowest BCUT2D eigenvalue weighted by Gasteiger charge is -1.85. The number of rotatable bonds is 0. The van der Waals surface area contributed by atoms with Crippen LogP contribution in [0.4, 0.5) is 9.39 Å². The third kappa shape index (κ3) is 2.33. The summed E-state index contributed by atoms with van der Waals surface area (Å²) in [4.78, 5) is 3.86. The van der Waals surface area contributed by atoms with E-state index in [0.29, 0.717) is 10.6 Å². The first-order valence-corrected chi connectivity index (χ1v) is 5.04. The topological polar surface area (TPSA) is 38.9 Å². The molecule has 0 saturated carbocycles. The van der Waals surface area contributed by atoms with Crippen molar-refractivity contribution in [1.29, 1.82) is 0 Å². The molecule has 2 rings (SSSR count). The van der Waals surface area contributed by atoms with E-state index in [0.717, 1.165) is 16.9 Å². The van der Waals surface area contributed by atoms with E-state index in [1.807, 2.05) is 0 Å². The van der Waals surface area contributed by atoms with Gasteiger partial charge < -0.3 is 5.73 Å². The van der Waals surface area contributed by atoms with Gasteiger partial charge in [0.15, 0.2) is 5.13 Å². The van der Waals surface area contributed by atoms with Gasteiger partial charge in [0.1, 0.15) is 0 Å². The molecule has 2 nitrogen and oxygen atoms in total. The maximum Gasteiger partial charge on any atom is 0.194 e. The van der Waals surface area contributed by atoms with E-state index in [2.05, 4.69) is 16.8 Å². The maximum atomic E-state index is 13.1. The Morgan fingerprint density at radius 2 is 2.00 bits per heavy atom. The van der Waals surface area contributed by atoms with E-state index >= 15 is 0 Å². The second-order valence-corrected chi connectivity index (χ2v) is 3.86. The Morgan fingerprint density at radius 1 is 1.27 bits per heavy atom. The zero-order valence-electron chi connectivity index (χ0n) is 7.70. The van der Waals surface area contributed by atoms with Crippen LogP contribution in [-0.2, 0) is 0 Å². The summed E-state index contributed by atoms with van der Waals surface area (Å²) >= 11 is 0.901. The number of thiophene rings is 1. The summed E-state index contributed by atoms with van der Waals surface area (Å²) in [5.74, 6) is 5.56. The molecule has 2 aromatic heterocycles. The molecule has 0 aliphatic heterocycles. The summed E-state index contributed by atoms with van der Waals surface area (Å²) in [7, 11) is 0. The number of hydrogen-bond donors (Lipinski definition) is 1. The second kappa shape index (κ2) is 4.11. The summed E-state index contributed by atoms with van der Waals surface area (Å²) in [6.07, 6.45) is 3.28. The molecule has 15 heavy (non-hydrogen) atoms. The SMILES string of the molecule is Nc1cc(C#Cc2ccncc2)c(F)s1.